The molecule has 0 aliphatic carbocycles. The minimum atomic E-state index is -0.608. The molecule has 1 saturated heterocycles. The molecule has 118 valence electrons. The minimum Gasteiger partial charge on any atom is -0.368 e. The molecule has 1 fully saturated rings. The fourth-order valence-electron chi connectivity index (χ4n) is 3.44. The first-order chi connectivity index (χ1) is 9.32. The average molecular weight is 283 g/mol. The number of nitrogens with two attached hydrogens (primary N) is 1. The van der Waals surface area contributed by atoms with Crippen LogP contribution in [0.2, 0.25) is 0 Å². The van der Waals surface area contributed by atoms with E-state index in [0.717, 1.165) is 19.5 Å². The molecule has 0 saturated carbocycles. The van der Waals surface area contributed by atoms with E-state index in [1.54, 1.807) is 0 Å². The zero-order valence-electron chi connectivity index (χ0n) is 14.0. The molecule has 1 rings (SSSR count). The number of nitrogens with one attached hydrogen (secondary N) is 1. The molecule has 4 nitrogen and oxygen atoms in total. The maximum absolute atomic E-state index is 11.6. The largest absolute Gasteiger partial charge is 0.368 e. The molecule has 1 aliphatic heterocycles. The van der Waals surface area contributed by atoms with Crippen LogP contribution in [0, 0.1) is 5.41 Å². The highest BCUT2D eigenvalue weighted by atomic mass is 16.1. The molecule has 0 radical (unpaired) electrons. The normalized spacial score (nSPS) is 24.1. The van der Waals surface area contributed by atoms with Gasteiger partial charge in [-0.25, -0.2) is 0 Å². The smallest absolute Gasteiger partial charge is 0.237 e. The Balaban J connectivity index is 2.59. The molecule has 0 bridgehead atoms. The molecular weight excluding hydrogens is 250 g/mol. The first kappa shape index (κ1) is 17.4. The van der Waals surface area contributed by atoms with Gasteiger partial charge < -0.3 is 16.0 Å². The first-order valence-electron chi connectivity index (χ1n) is 8.05. The lowest BCUT2D eigenvalue weighted by Crippen LogP contribution is -2.56. The van der Waals surface area contributed by atoms with Crippen LogP contribution in [0.15, 0.2) is 0 Å². The lowest BCUT2D eigenvalue weighted by molar-refractivity contribution is -0.124. The first-order valence-corrected chi connectivity index (χ1v) is 8.05. The molecule has 0 aromatic rings. The molecule has 1 heterocycles. The van der Waals surface area contributed by atoms with Crippen LogP contribution in [0.5, 0.6) is 0 Å². The van der Waals surface area contributed by atoms with Crippen molar-refractivity contribution in [2.24, 2.45) is 11.1 Å². The molecule has 20 heavy (non-hydrogen) atoms. The number of hydrogen-bond acceptors (Lipinski definition) is 3. The Labute approximate surface area is 124 Å². The van der Waals surface area contributed by atoms with E-state index in [9.17, 15) is 4.79 Å². The maximum Gasteiger partial charge on any atom is 0.237 e. The monoisotopic (exact) mass is 283 g/mol. The van der Waals surface area contributed by atoms with E-state index in [1.165, 1.54) is 25.7 Å². The summed E-state index contributed by atoms with van der Waals surface area (Å²) in [7, 11) is 1.81. The highest BCUT2D eigenvalue weighted by Gasteiger charge is 2.36. The Morgan fingerprint density at radius 2 is 1.85 bits per heavy atom. The second-order valence-electron chi connectivity index (χ2n) is 6.74. The third-order valence-corrected chi connectivity index (χ3v) is 5.78. The number of nitrogens with zero attached hydrogens (tertiary/aromatic N) is 1. The summed E-state index contributed by atoms with van der Waals surface area (Å²) in [6, 6.07) is 0.381. The number of likely N-dealkylation sites (N-methyl/N-ethyl adjacent to an activating group) is 1. The van der Waals surface area contributed by atoms with Gasteiger partial charge in [-0.05, 0) is 58.7 Å². The number of primary amides is 1. The van der Waals surface area contributed by atoms with Crippen LogP contribution in [0.1, 0.15) is 59.8 Å². The Morgan fingerprint density at radius 3 is 2.20 bits per heavy atom. The lowest BCUT2D eigenvalue weighted by Gasteiger charge is -2.44. The summed E-state index contributed by atoms with van der Waals surface area (Å²) < 4.78 is 0. The van der Waals surface area contributed by atoms with Crippen molar-refractivity contribution in [3.63, 3.8) is 0 Å². The van der Waals surface area contributed by atoms with E-state index in [-0.39, 0.29) is 5.91 Å². The fraction of sp³-hybridized carbons (Fsp3) is 0.938. The van der Waals surface area contributed by atoms with Gasteiger partial charge in [-0.2, -0.15) is 0 Å². The van der Waals surface area contributed by atoms with Crippen molar-refractivity contribution in [1.82, 2.24) is 10.2 Å². The fourth-order valence-corrected chi connectivity index (χ4v) is 3.44. The van der Waals surface area contributed by atoms with E-state index in [2.05, 4.69) is 31.0 Å². The Bertz CT molecular complexity index is 318. The number of carbonyl (C=O) groups excluding carboxylic acids is 1. The molecule has 0 aromatic carbocycles. The number of hydrogen-bond donors (Lipinski definition) is 2. The second-order valence-corrected chi connectivity index (χ2v) is 6.74. The van der Waals surface area contributed by atoms with Crippen molar-refractivity contribution in [2.75, 3.05) is 20.1 Å². The second kappa shape index (κ2) is 6.90. The Kier molecular flexibility index (Phi) is 6.02. The summed E-state index contributed by atoms with van der Waals surface area (Å²) >= 11 is 0. The van der Waals surface area contributed by atoms with Gasteiger partial charge in [-0.15, -0.1) is 0 Å². The van der Waals surface area contributed by atoms with Gasteiger partial charge in [0.25, 0.3) is 0 Å². The van der Waals surface area contributed by atoms with Gasteiger partial charge in [0.05, 0.1) is 5.54 Å². The highest BCUT2D eigenvalue weighted by molar-refractivity contribution is 5.84. The Hall–Kier alpha value is -0.610. The summed E-state index contributed by atoms with van der Waals surface area (Å²) in [4.78, 5) is 14.1. The molecule has 4 heteroatoms. The topological polar surface area (TPSA) is 58.4 Å². The van der Waals surface area contributed by atoms with Gasteiger partial charge >= 0.3 is 0 Å². The zero-order valence-corrected chi connectivity index (χ0v) is 14.0. The molecule has 1 amide bonds. The molecule has 2 unspecified atom stereocenters. The Morgan fingerprint density at radius 1 is 1.35 bits per heavy atom. The average Bonchev–Trinajstić information content (AvgIpc) is 2.46. The van der Waals surface area contributed by atoms with Crippen LogP contribution in [0.3, 0.4) is 0 Å². The number of likely N-dealkylation sites (tertiary alicyclic amines) is 1. The number of carbonyl (C=O) groups is 1. The molecular formula is C16H33N3O. The highest BCUT2D eigenvalue weighted by Crippen LogP contribution is 2.38. The minimum absolute atomic E-state index is 0.264. The van der Waals surface area contributed by atoms with Gasteiger partial charge in [0.2, 0.25) is 5.91 Å². The van der Waals surface area contributed by atoms with Crippen LogP contribution in [0.4, 0.5) is 0 Å². The summed E-state index contributed by atoms with van der Waals surface area (Å²) in [6.07, 6.45) is 5.88. The summed E-state index contributed by atoms with van der Waals surface area (Å²) in [6.45, 7) is 11.0. The number of amides is 1. The molecule has 3 N–H and O–H groups in total. The summed E-state index contributed by atoms with van der Waals surface area (Å²) in [5.41, 5.74) is 5.47. The van der Waals surface area contributed by atoms with Crippen LogP contribution in [-0.4, -0.2) is 42.5 Å². The van der Waals surface area contributed by atoms with E-state index >= 15 is 0 Å². The molecule has 1 aliphatic rings. The van der Waals surface area contributed by atoms with Crippen LogP contribution in [0.25, 0.3) is 0 Å². The van der Waals surface area contributed by atoms with Gasteiger partial charge in [-0.3, -0.25) is 4.79 Å². The predicted molar refractivity (Wildman–Crippen MR) is 84.6 cm³/mol. The van der Waals surface area contributed by atoms with Crippen LogP contribution in [-0.2, 0) is 4.79 Å². The van der Waals surface area contributed by atoms with Gasteiger partial charge in [0.1, 0.15) is 0 Å². The van der Waals surface area contributed by atoms with Gasteiger partial charge in [0.15, 0.2) is 0 Å². The summed E-state index contributed by atoms with van der Waals surface area (Å²) in [5.74, 6) is -0.264. The molecule has 0 aromatic heterocycles. The third-order valence-electron chi connectivity index (χ3n) is 5.78. The van der Waals surface area contributed by atoms with Crippen molar-refractivity contribution < 1.29 is 4.79 Å². The molecule has 0 spiro atoms. The van der Waals surface area contributed by atoms with Crippen LogP contribution >= 0.6 is 0 Å². The van der Waals surface area contributed by atoms with Crippen molar-refractivity contribution in [2.45, 2.75) is 71.4 Å². The SMILES string of the molecule is CCC1(CC)CCN(C(C)CC(C)(NC)C(N)=O)CC1. The van der Waals surface area contributed by atoms with E-state index < -0.39 is 5.54 Å². The van der Waals surface area contributed by atoms with Crippen LogP contribution < -0.4 is 11.1 Å². The van der Waals surface area contributed by atoms with Gasteiger partial charge in [-0.1, -0.05) is 26.7 Å². The van der Waals surface area contributed by atoms with Crippen molar-refractivity contribution >= 4 is 5.91 Å². The summed E-state index contributed by atoms with van der Waals surface area (Å²) in [5, 5.41) is 3.09. The lowest BCUT2D eigenvalue weighted by atomic mass is 9.74. The maximum atomic E-state index is 11.6. The standard InChI is InChI=1S/C16H33N3O/c1-6-16(7-2)8-10-19(11-9-16)13(3)12-15(4,18-5)14(17)20/h13,18H,6-12H2,1-5H3,(H2,17,20). The predicted octanol–water partition coefficient (Wildman–Crippen LogP) is 2.13. The van der Waals surface area contributed by atoms with Crippen molar-refractivity contribution in [1.29, 1.82) is 0 Å². The van der Waals surface area contributed by atoms with E-state index in [1.807, 2.05) is 14.0 Å². The zero-order chi connectivity index (χ0) is 15.4. The van der Waals surface area contributed by atoms with E-state index in [4.69, 9.17) is 5.73 Å². The quantitative estimate of drug-likeness (QED) is 0.752. The molecule has 2 atom stereocenters. The number of rotatable bonds is 7. The van der Waals surface area contributed by atoms with Crippen molar-refractivity contribution in [3.05, 3.63) is 0 Å². The van der Waals surface area contributed by atoms with E-state index in [0.29, 0.717) is 11.5 Å². The third kappa shape index (κ3) is 3.73. The van der Waals surface area contributed by atoms with Gasteiger partial charge in [0, 0.05) is 6.04 Å². The number of piperidine rings is 1. The van der Waals surface area contributed by atoms with Crippen molar-refractivity contribution in [3.8, 4) is 0 Å².